The Balaban J connectivity index is 2.05. The van der Waals surface area contributed by atoms with Gasteiger partial charge in [-0.05, 0) is 18.2 Å². The summed E-state index contributed by atoms with van der Waals surface area (Å²) in [6.07, 6.45) is 1.61. The molecule has 8 nitrogen and oxygen atoms in total. The van der Waals surface area contributed by atoms with Gasteiger partial charge in [-0.15, -0.1) is 6.58 Å². The minimum atomic E-state index is -0.780. The molecule has 1 aliphatic heterocycles. The molecule has 3 amide bonds. The van der Waals surface area contributed by atoms with Crippen LogP contribution in [-0.4, -0.2) is 60.2 Å². The number of esters is 1. The summed E-state index contributed by atoms with van der Waals surface area (Å²) in [5, 5.41) is 8.50. The number of amides is 3. The Morgan fingerprint density at radius 1 is 1.31 bits per heavy atom. The molecule has 0 radical (unpaired) electrons. The molecule has 134 valence electrons. The molecule has 1 heterocycles. The zero-order valence-electron chi connectivity index (χ0n) is 14.2. The lowest BCUT2D eigenvalue weighted by Crippen LogP contribution is -2.32. The van der Waals surface area contributed by atoms with Crippen molar-refractivity contribution in [1.29, 1.82) is 5.26 Å². The molecular formula is C18H17N3O5. The van der Waals surface area contributed by atoms with Gasteiger partial charge in [-0.2, -0.15) is 5.26 Å². The van der Waals surface area contributed by atoms with Crippen molar-refractivity contribution in [1.82, 2.24) is 9.80 Å². The van der Waals surface area contributed by atoms with Crippen LogP contribution in [0.25, 0.3) is 0 Å². The van der Waals surface area contributed by atoms with Crippen molar-refractivity contribution in [3.05, 3.63) is 47.5 Å². The third kappa shape index (κ3) is 3.78. The molecular weight excluding hydrogens is 338 g/mol. The zero-order valence-corrected chi connectivity index (χ0v) is 14.2. The molecule has 0 saturated carbocycles. The Morgan fingerprint density at radius 2 is 2.00 bits per heavy atom. The first kappa shape index (κ1) is 18.9. The molecule has 2 rings (SSSR count). The largest absolute Gasteiger partial charge is 0.452 e. The van der Waals surface area contributed by atoms with Gasteiger partial charge in [0.25, 0.3) is 17.7 Å². The van der Waals surface area contributed by atoms with Gasteiger partial charge >= 0.3 is 5.97 Å². The van der Waals surface area contributed by atoms with Crippen LogP contribution in [0.3, 0.4) is 0 Å². The highest BCUT2D eigenvalue weighted by atomic mass is 16.5. The number of hydrogen-bond acceptors (Lipinski definition) is 6. The van der Waals surface area contributed by atoms with E-state index in [1.54, 1.807) is 0 Å². The molecule has 8 heteroatoms. The van der Waals surface area contributed by atoms with Gasteiger partial charge in [0.2, 0.25) is 0 Å². The van der Waals surface area contributed by atoms with Crippen molar-refractivity contribution in [2.24, 2.45) is 0 Å². The summed E-state index contributed by atoms with van der Waals surface area (Å²) in [5.41, 5.74) is 0.391. The molecule has 0 spiro atoms. The second-order valence-electron chi connectivity index (χ2n) is 5.57. The van der Waals surface area contributed by atoms with E-state index < -0.39 is 30.3 Å². The number of carbonyl (C=O) groups excluding carboxylic acids is 4. The Kier molecular flexibility index (Phi) is 5.86. The van der Waals surface area contributed by atoms with E-state index in [1.165, 1.54) is 36.2 Å². The van der Waals surface area contributed by atoms with Crippen molar-refractivity contribution in [3.8, 4) is 6.07 Å². The Labute approximate surface area is 150 Å². The number of nitrogens with zero attached hydrogens (tertiary/aromatic N) is 3. The Hall–Kier alpha value is -3.47. The number of likely N-dealkylation sites (N-methyl/N-ethyl adjacent to an activating group) is 1. The summed E-state index contributed by atoms with van der Waals surface area (Å²) >= 11 is 0. The van der Waals surface area contributed by atoms with E-state index in [9.17, 15) is 19.2 Å². The van der Waals surface area contributed by atoms with Crippen LogP contribution in [0.15, 0.2) is 30.9 Å². The van der Waals surface area contributed by atoms with Crippen LogP contribution in [0, 0.1) is 11.3 Å². The number of carbonyl (C=O) groups is 4. The number of hydrogen-bond donors (Lipinski definition) is 0. The smallest absolute Gasteiger partial charge is 0.338 e. The fourth-order valence-corrected chi connectivity index (χ4v) is 2.38. The van der Waals surface area contributed by atoms with Crippen LogP contribution in [0.4, 0.5) is 0 Å². The Bertz CT molecular complexity index is 825. The van der Waals surface area contributed by atoms with Crippen LogP contribution < -0.4 is 0 Å². The van der Waals surface area contributed by atoms with E-state index >= 15 is 0 Å². The van der Waals surface area contributed by atoms with Crippen LogP contribution in [0.1, 0.15) is 37.5 Å². The van der Waals surface area contributed by atoms with Crippen LogP contribution >= 0.6 is 0 Å². The number of benzene rings is 1. The number of fused-ring (bicyclic) bond motifs is 1. The topological polar surface area (TPSA) is 108 Å². The van der Waals surface area contributed by atoms with Crippen LogP contribution in [0.5, 0.6) is 0 Å². The molecule has 0 saturated heterocycles. The minimum absolute atomic E-state index is 0.0674. The van der Waals surface area contributed by atoms with E-state index in [0.29, 0.717) is 0 Å². The molecule has 0 unspecified atom stereocenters. The van der Waals surface area contributed by atoms with E-state index in [1.807, 2.05) is 6.07 Å². The van der Waals surface area contributed by atoms with Gasteiger partial charge in [0.05, 0.1) is 29.2 Å². The average Bonchev–Trinajstić information content (AvgIpc) is 2.88. The molecule has 1 aliphatic rings. The molecule has 1 aromatic carbocycles. The lowest BCUT2D eigenvalue weighted by molar-refractivity contribution is -0.133. The highest BCUT2D eigenvalue weighted by Crippen LogP contribution is 2.24. The predicted octanol–water partition coefficient (Wildman–Crippen LogP) is 0.997. The Morgan fingerprint density at radius 3 is 2.65 bits per heavy atom. The van der Waals surface area contributed by atoms with Gasteiger partial charge < -0.3 is 9.64 Å². The van der Waals surface area contributed by atoms with E-state index in [0.717, 1.165) is 4.90 Å². The summed E-state index contributed by atoms with van der Waals surface area (Å²) in [5.74, 6) is -2.18. The summed E-state index contributed by atoms with van der Waals surface area (Å²) < 4.78 is 4.95. The highest BCUT2D eigenvalue weighted by molar-refractivity contribution is 6.22. The predicted molar refractivity (Wildman–Crippen MR) is 90.2 cm³/mol. The molecule has 0 N–H and O–H groups in total. The first-order valence-electron chi connectivity index (χ1n) is 7.80. The van der Waals surface area contributed by atoms with Gasteiger partial charge in [-0.25, -0.2) is 4.79 Å². The molecule has 0 aliphatic carbocycles. The zero-order chi connectivity index (χ0) is 19.3. The molecule has 26 heavy (non-hydrogen) atoms. The maximum atomic E-state index is 12.2. The van der Waals surface area contributed by atoms with Crippen LogP contribution in [0.2, 0.25) is 0 Å². The SMILES string of the molecule is C=CCN1C(=O)c2ccc(C(=O)OCC(=O)N(C)CCC#N)cc2C1=O. The number of imide groups is 1. The number of ether oxygens (including phenoxy) is 1. The standard InChI is InChI=1S/C18H17N3O5/c1-3-8-21-16(23)13-6-5-12(10-14(13)17(21)24)18(25)26-11-15(22)20(2)9-4-7-19/h3,5-6,10H,1,4,8-9,11H2,2H3. The highest BCUT2D eigenvalue weighted by Gasteiger charge is 2.35. The molecule has 0 fully saturated rings. The van der Waals surface area contributed by atoms with E-state index in [-0.39, 0.29) is 36.2 Å². The van der Waals surface area contributed by atoms with E-state index in [2.05, 4.69) is 6.58 Å². The van der Waals surface area contributed by atoms with Crippen molar-refractivity contribution in [3.63, 3.8) is 0 Å². The summed E-state index contributed by atoms with van der Waals surface area (Å²) in [6.45, 7) is 3.34. The monoisotopic (exact) mass is 355 g/mol. The van der Waals surface area contributed by atoms with Gasteiger partial charge in [0, 0.05) is 20.1 Å². The third-order valence-electron chi connectivity index (χ3n) is 3.83. The number of nitriles is 1. The summed E-state index contributed by atoms with van der Waals surface area (Å²) in [6, 6.07) is 5.95. The third-order valence-corrected chi connectivity index (χ3v) is 3.83. The van der Waals surface area contributed by atoms with Gasteiger partial charge in [-0.3, -0.25) is 19.3 Å². The fraction of sp³-hybridized carbons (Fsp3) is 0.278. The first-order chi connectivity index (χ1) is 12.4. The summed E-state index contributed by atoms with van der Waals surface area (Å²) in [7, 11) is 1.50. The van der Waals surface area contributed by atoms with Gasteiger partial charge in [0.1, 0.15) is 0 Å². The van der Waals surface area contributed by atoms with Gasteiger partial charge in [0.15, 0.2) is 6.61 Å². The first-order valence-corrected chi connectivity index (χ1v) is 7.80. The van der Waals surface area contributed by atoms with Crippen molar-refractivity contribution >= 4 is 23.7 Å². The molecule has 0 aromatic heterocycles. The lowest BCUT2D eigenvalue weighted by Gasteiger charge is -2.15. The van der Waals surface area contributed by atoms with Gasteiger partial charge in [-0.1, -0.05) is 6.08 Å². The maximum absolute atomic E-state index is 12.2. The van der Waals surface area contributed by atoms with E-state index in [4.69, 9.17) is 10.00 Å². The molecule has 0 atom stereocenters. The van der Waals surface area contributed by atoms with Crippen molar-refractivity contribution < 1.29 is 23.9 Å². The quantitative estimate of drug-likeness (QED) is 0.410. The minimum Gasteiger partial charge on any atom is -0.452 e. The van der Waals surface area contributed by atoms with Crippen molar-refractivity contribution in [2.45, 2.75) is 6.42 Å². The fourth-order valence-electron chi connectivity index (χ4n) is 2.38. The maximum Gasteiger partial charge on any atom is 0.338 e. The molecule has 0 bridgehead atoms. The molecule has 1 aromatic rings. The second-order valence-corrected chi connectivity index (χ2v) is 5.57. The summed E-state index contributed by atoms with van der Waals surface area (Å²) in [4.78, 5) is 50.6. The lowest BCUT2D eigenvalue weighted by atomic mass is 10.1. The second kappa shape index (κ2) is 8.07. The normalized spacial score (nSPS) is 12.4. The number of rotatable bonds is 7. The average molecular weight is 355 g/mol. The van der Waals surface area contributed by atoms with Crippen molar-refractivity contribution in [2.75, 3.05) is 26.7 Å². The van der Waals surface area contributed by atoms with Crippen LogP contribution in [-0.2, 0) is 9.53 Å².